The molecule has 0 amide bonds. The van der Waals surface area contributed by atoms with Gasteiger partial charge in [0.2, 0.25) is 0 Å². The van der Waals surface area contributed by atoms with Crippen LogP contribution < -0.4 is 0 Å². The topological polar surface area (TPSA) is 34.1 Å². The van der Waals surface area contributed by atoms with Crippen molar-refractivity contribution in [3.8, 4) is 0 Å². The zero-order chi connectivity index (χ0) is 12.3. The van der Waals surface area contributed by atoms with Crippen molar-refractivity contribution >= 4 is 34.2 Å². The lowest BCUT2D eigenvalue weighted by atomic mass is 9.98. The second-order valence-electron chi connectivity index (χ2n) is 3.85. The zero-order valence-electron chi connectivity index (χ0n) is 9.38. The Labute approximate surface area is 108 Å². The number of thiophene rings is 2. The summed E-state index contributed by atoms with van der Waals surface area (Å²) in [6.45, 7) is 1.81. The van der Waals surface area contributed by atoms with Gasteiger partial charge in [-0.2, -0.15) is 0 Å². The maximum atomic E-state index is 12.0. The molecule has 0 aliphatic carbocycles. The van der Waals surface area contributed by atoms with Crippen LogP contribution in [0.5, 0.6) is 0 Å². The van der Waals surface area contributed by atoms with Crippen molar-refractivity contribution < 1.29 is 9.59 Å². The van der Waals surface area contributed by atoms with Crippen LogP contribution in [-0.4, -0.2) is 11.6 Å². The first-order valence-electron chi connectivity index (χ1n) is 5.33. The van der Waals surface area contributed by atoms with E-state index >= 15 is 0 Å². The highest BCUT2D eigenvalue weighted by Gasteiger charge is 2.20. The molecule has 2 aromatic rings. The average molecular weight is 264 g/mol. The molecule has 0 aliphatic heterocycles. The second-order valence-corrected chi connectivity index (χ2v) is 5.74. The maximum absolute atomic E-state index is 12.0. The Hall–Kier alpha value is -1.26. The summed E-state index contributed by atoms with van der Waals surface area (Å²) in [6, 6.07) is 7.31. The Morgan fingerprint density at radius 2 is 1.71 bits per heavy atom. The van der Waals surface area contributed by atoms with Crippen LogP contribution in [0, 0.1) is 5.92 Å². The fourth-order valence-corrected chi connectivity index (χ4v) is 3.02. The Balaban J connectivity index is 2.00. The molecular weight excluding hydrogens is 252 g/mol. The lowest BCUT2D eigenvalue weighted by Crippen LogP contribution is -2.14. The molecule has 1 atom stereocenters. The van der Waals surface area contributed by atoms with E-state index in [1.54, 1.807) is 12.1 Å². The molecule has 88 valence electrons. The van der Waals surface area contributed by atoms with Gasteiger partial charge >= 0.3 is 0 Å². The fourth-order valence-electron chi connectivity index (χ4n) is 1.57. The number of hydrogen-bond acceptors (Lipinski definition) is 4. The van der Waals surface area contributed by atoms with Gasteiger partial charge in [-0.15, -0.1) is 22.7 Å². The van der Waals surface area contributed by atoms with E-state index in [0.717, 1.165) is 9.75 Å². The molecule has 4 heteroatoms. The zero-order valence-corrected chi connectivity index (χ0v) is 11.0. The number of carbonyl (C=O) groups excluding carboxylic acids is 2. The maximum Gasteiger partial charge on any atom is 0.176 e. The number of rotatable bonds is 5. The van der Waals surface area contributed by atoms with Crippen LogP contribution in [-0.2, 0) is 0 Å². The molecule has 0 fully saturated rings. The Bertz CT molecular complexity index is 498. The van der Waals surface area contributed by atoms with Crippen molar-refractivity contribution in [2.45, 2.75) is 13.3 Å². The predicted molar refractivity (Wildman–Crippen MR) is 71.1 cm³/mol. The van der Waals surface area contributed by atoms with Crippen LogP contribution in [0.3, 0.4) is 0 Å². The smallest absolute Gasteiger partial charge is 0.176 e. The third-order valence-corrected chi connectivity index (χ3v) is 4.29. The quantitative estimate of drug-likeness (QED) is 0.767. The van der Waals surface area contributed by atoms with E-state index in [4.69, 9.17) is 0 Å². The second kappa shape index (κ2) is 5.38. The molecule has 1 unspecified atom stereocenters. The van der Waals surface area contributed by atoms with Gasteiger partial charge < -0.3 is 0 Å². The minimum absolute atomic E-state index is 0.0532. The molecule has 0 saturated carbocycles. The fraction of sp³-hybridized carbons (Fsp3) is 0.231. The van der Waals surface area contributed by atoms with Crippen molar-refractivity contribution in [1.82, 2.24) is 0 Å². The molecule has 0 aliphatic rings. The van der Waals surface area contributed by atoms with Gasteiger partial charge in [0, 0.05) is 12.3 Å². The van der Waals surface area contributed by atoms with Gasteiger partial charge in [-0.25, -0.2) is 0 Å². The Morgan fingerprint density at radius 3 is 2.24 bits per heavy atom. The standard InChI is InChI=1S/C13H12O2S2/c1-9(13(15)12-5-3-7-17-12)8-10(14)11-4-2-6-16-11/h2-7,9H,8H2,1H3. The normalized spacial score (nSPS) is 12.3. The molecule has 0 aromatic carbocycles. The lowest BCUT2D eigenvalue weighted by Gasteiger charge is -2.07. The first-order chi connectivity index (χ1) is 8.18. The van der Waals surface area contributed by atoms with Crippen LogP contribution in [0.15, 0.2) is 35.0 Å². The van der Waals surface area contributed by atoms with E-state index in [-0.39, 0.29) is 23.9 Å². The molecule has 2 rings (SSSR count). The number of Topliss-reactive ketones (excluding diaryl/α,β-unsaturated/α-hetero) is 2. The molecule has 2 nitrogen and oxygen atoms in total. The minimum atomic E-state index is -0.247. The molecule has 0 bridgehead atoms. The van der Waals surface area contributed by atoms with Crippen LogP contribution in [0.25, 0.3) is 0 Å². The van der Waals surface area contributed by atoms with Crippen LogP contribution in [0.1, 0.15) is 32.7 Å². The van der Waals surface area contributed by atoms with Gasteiger partial charge in [0.05, 0.1) is 9.75 Å². The van der Waals surface area contributed by atoms with E-state index in [1.807, 2.05) is 29.8 Å². The van der Waals surface area contributed by atoms with Crippen molar-refractivity contribution in [3.63, 3.8) is 0 Å². The van der Waals surface area contributed by atoms with E-state index in [0.29, 0.717) is 0 Å². The van der Waals surface area contributed by atoms with E-state index in [9.17, 15) is 9.59 Å². The number of carbonyl (C=O) groups is 2. The summed E-state index contributed by atoms with van der Waals surface area (Å²) in [4.78, 5) is 25.3. The summed E-state index contributed by atoms with van der Waals surface area (Å²) in [5, 5.41) is 3.75. The highest BCUT2D eigenvalue weighted by molar-refractivity contribution is 7.12. The van der Waals surface area contributed by atoms with Gasteiger partial charge in [0.15, 0.2) is 11.6 Å². The third kappa shape index (κ3) is 2.90. The van der Waals surface area contributed by atoms with Crippen molar-refractivity contribution in [2.75, 3.05) is 0 Å². The summed E-state index contributed by atoms with van der Waals surface area (Å²) in [5.74, 6) is -0.134. The van der Waals surface area contributed by atoms with Gasteiger partial charge in [0.1, 0.15) is 0 Å². The molecular formula is C13H12O2S2. The molecule has 17 heavy (non-hydrogen) atoms. The Morgan fingerprint density at radius 1 is 1.12 bits per heavy atom. The van der Waals surface area contributed by atoms with E-state index in [1.165, 1.54) is 22.7 Å². The summed E-state index contributed by atoms with van der Waals surface area (Å²) >= 11 is 2.85. The first-order valence-corrected chi connectivity index (χ1v) is 7.09. The van der Waals surface area contributed by atoms with Gasteiger partial charge in [-0.1, -0.05) is 19.1 Å². The lowest BCUT2D eigenvalue weighted by molar-refractivity contribution is 0.0867. The predicted octanol–water partition coefficient (Wildman–Crippen LogP) is 3.90. The summed E-state index contributed by atoms with van der Waals surface area (Å²) in [7, 11) is 0. The molecule has 0 saturated heterocycles. The molecule has 2 aromatic heterocycles. The highest BCUT2D eigenvalue weighted by atomic mass is 32.1. The van der Waals surface area contributed by atoms with Gasteiger partial charge in [-0.05, 0) is 22.9 Å². The van der Waals surface area contributed by atoms with Gasteiger partial charge in [-0.3, -0.25) is 9.59 Å². The average Bonchev–Trinajstić information content (AvgIpc) is 3.00. The largest absolute Gasteiger partial charge is 0.293 e. The molecule has 0 N–H and O–H groups in total. The first kappa shape index (κ1) is 12.2. The van der Waals surface area contributed by atoms with Crippen molar-refractivity contribution in [3.05, 3.63) is 44.8 Å². The summed E-state index contributed by atoms with van der Waals surface area (Å²) < 4.78 is 0. The van der Waals surface area contributed by atoms with E-state index in [2.05, 4.69) is 0 Å². The van der Waals surface area contributed by atoms with E-state index < -0.39 is 0 Å². The summed E-state index contributed by atoms with van der Waals surface area (Å²) in [6.07, 6.45) is 0.289. The number of hydrogen-bond donors (Lipinski definition) is 0. The number of ketones is 2. The highest BCUT2D eigenvalue weighted by Crippen LogP contribution is 2.20. The SMILES string of the molecule is CC(CC(=O)c1cccs1)C(=O)c1cccs1. The summed E-state index contributed by atoms with van der Waals surface area (Å²) in [5.41, 5.74) is 0. The molecule has 0 spiro atoms. The monoisotopic (exact) mass is 264 g/mol. The van der Waals surface area contributed by atoms with Gasteiger partial charge in [0.25, 0.3) is 0 Å². The van der Waals surface area contributed by atoms with Crippen LogP contribution >= 0.6 is 22.7 Å². The molecule has 0 radical (unpaired) electrons. The Kier molecular flexibility index (Phi) is 3.86. The van der Waals surface area contributed by atoms with Crippen molar-refractivity contribution in [1.29, 1.82) is 0 Å². The minimum Gasteiger partial charge on any atom is -0.293 e. The van der Waals surface area contributed by atoms with Crippen LogP contribution in [0.4, 0.5) is 0 Å². The molecule has 2 heterocycles. The third-order valence-electron chi connectivity index (χ3n) is 2.50. The van der Waals surface area contributed by atoms with Crippen molar-refractivity contribution in [2.24, 2.45) is 5.92 Å². The van der Waals surface area contributed by atoms with Crippen LogP contribution in [0.2, 0.25) is 0 Å².